The maximum atomic E-state index is 13.8. The second-order valence-corrected chi connectivity index (χ2v) is 5.67. The zero-order valence-electron chi connectivity index (χ0n) is 15.1. The summed E-state index contributed by atoms with van der Waals surface area (Å²) in [5, 5.41) is 2.66. The summed E-state index contributed by atoms with van der Waals surface area (Å²) >= 11 is 0. The Kier molecular flexibility index (Phi) is 5.97. The fourth-order valence-electron chi connectivity index (χ4n) is 2.53. The number of anilines is 1. The summed E-state index contributed by atoms with van der Waals surface area (Å²) in [6.07, 6.45) is 0. The van der Waals surface area contributed by atoms with Crippen LogP contribution in [0.15, 0.2) is 18.2 Å². The molecule has 1 N–H and O–H groups in total. The maximum absolute atomic E-state index is 13.8. The highest BCUT2D eigenvalue weighted by Crippen LogP contribution is 2.18. The van der Waals surface area contributed by atoms with Crippen molar-refractivity contribution in [1.29, 1.82) is 0 Å². The first-order valence-electron chi connectivity index (χ1n) is 8.34. The van der Waals surface area contributed by atoms with Crippen LogP contribution in [-0.4, -0.2) is 61.4 Å². The number of hydrogen-bond donors (Lipinski definition) is 1. The van der Waals surface area contributed by atoms with E-state index in [1.807, 2.05) is 4.90 Å². The normalized spacial score (nSPS) is 14.0. The highest BCUT2D eigenvalue weighted by molar-refractivity contribution is 5.94. The quantitative estimate of drug-likeness (QED) is 0.789. The largest absolute Gasteiger partial charge is 0.494 e. The Hall–Kier alpha value is -3.01. The van der Waals surface area contributed by atoms with Crippen molar-refractivity contribution < 1.29 is 23.4 Å². The Bertz CT molecular complexity index is 814. The number of rotatable bonds is 6. The highest BCUT2D eigenvalue weighted by atomic mass is 19.1. The number of hydrogen-bond acceptors (Lipinski definition) is 8. The molecule has 10 heteroatoms. The standard InChI is InChI=1S/C17H20FN5O4/c1-25-13-4-3-11(9-12(13)18)15(24)19-10-14-20-16(22-17(21-14)26-2)23-5-7-27-8-6-23/h3-4,9H,5-8,10H2,1-2H3,(H,19,24). The number of ether oxygens (including phenoxy) is 3. The Labute approximate surface area is 155 Å². The average molecular weight is 377 g/mol. The predicted octanol–water partition coefficient (Wildman–Crippen LogP) is 0.794. The van der Waals surface area contributed by atoms with Gasteiger partial charge in [-0.05, 0) is 18.2 Å². The number of carbonyl (C=O) groups excluding carboxylic acids is 1. The lowest BCUT2D eigenvalue weighted by molar-refractivity contribution is 0.0949. The average Bonchev–Trinajstić information content (AvgIpc) is 2.72. The van der Waals surface area contributed by atoms with Crippen LogP contribution in [0.5, 0.6) is 11.8 Å². The Balaban J connectivity index is 1.71. The molecule has 1 aromatic heterocycles. The van der Waals surface area contributed by atoms with Gasteiger partial charge < -0.3 is 24.4 Å². The van der Waals surface area contributed by atoms with Crippen LogP contribution in [0.1, 0.15) is 16.2 Å². The minimum atomic E-state index is -0.610. The summed E-state index contributed by atoms with van der Waals surface area (Å²) in [7, 11) is 2.82. The smallest absolute Gasteiger partial charge is 0.321 e. The van der Waals surface area contributed by atoms with Crippen molar-refractivity contribution in [3.05, 3.63) is 35.4 Å². The number of benzene rings is 1. The number of carbonyl (C=O) groups is 1. The summed E-state index contributed by atoms with van der Waals surface area (Å²) in [4.78, 5) is 27.0. The number of amides is 1. The molecule has 2 aromatic rings. The van der Waals surface area contributed by atoms with Crippen LogP contribution >= 0.6 is 0 Å². The van der Waals surface area contributed by atoms with Gasteiger partial charge in [0.1, 0.15) is 0 Å². The predicted molar refractivity (Wildman–Crippen MR) is 93.5 cm³/mol. The minimum absolute atomic E-state index is 0.0443. The molecule has 3 rings (SSSR count). The van der Waals surface area contributed by atoms with Gasteiger partial charge in [0.05, 0.1) is 34.0 Å². The topological polar surface area (TPSA) is 98.7 Å². The molecule has 1 saturated heterocycles. The van der Waals surface area contributed by atoms with E-state index in [0.717, 1.165) is 6.07 Å². The molecule has 1 amide bonds. The minimum Gasteiger partial charge on any atom is -0.494 e. The number of aromatic nitrogens is 3. The van der Waals surface area contributed by atoms with Crippen molar-refractivity contribution in [3.63, 3.8) is 0 Å². The molecule has 0 radical (unpaired) electrons. The van der Waals surface area contributed by atoms with E-state index in [4.69, 9.17) is 14.2 Å². The Morgan fingerprint density at radius 3 is 2.67 bits per heavy atom. The van der Waals surface area contributed by atoms with Crippen LogP contribution in [-0.2, 0) is 11.3 Å². The molecule has 2 heterocycles. The van der Waals surface area contributed by atoms with Gasteiger partial charge in [-0.2, -0.15) is 15.0 Å². The van der Waals surface area contributed by atoms with Crippen LogP contribution in [0.3, 0.4) is 0 Å². The monoisotopic (exact) mass is 377 g/mol. The van der Waals surface area contributed by atoms with Gasteiger partial charge in [-0.3, -0.25) is 4.79 Å². The summed E-state index contributed by atoms with van der Waals surface area (Å²) in [5.41, 5.74) is 0.169. The second-order valence-electron chi connectivity index (χ2n) is 5.67. The molecule has 144 valence electrons. The number of morpholine rings is 1. The molecule has 0 bridgehead atoms. The van der Waals surface area contributed by atoms with Crippen LogP contribution in [0.2, 0.25) is 0 Å². The second kappa shape index (κ2) is 8.58. The maximum Gasteiger partial charge on any atom is 0.321 e. The summed E-state index contributed by atoms with van der Waals surface area (Å²) in [5.74, 6) is -0.190. The third-order valence-electron chi connectivity index (χ3n) is 3.95. The van der Waals surface area contributed by atoms with Crippen molar-refractivity contribution in [1.82, 2.24) is 20.3 Å². The molecule has 0 aliphatic carbocycles. The van der Waals surface area contributed by atoms with Gasteiger partial charge in [0.15, 0.2) is 17.4 Å². The summed E-state index contributed by atoms with van der Waals surface area (Å²) in [6, 6.07) is 4.14. The molecule has 1 aliphatic heterocycles. The van der Waals surface area contributed by atoms with Gasteiger partial charge in [0, 0.05) is 18.7 Å². The van der Waals surface area contributed by atoms with Crippen molar-refractivity contribution in [2.24, 2.45) is 0 Å². The van der Waals surface area contributed by atoms with E-state index in [2.05, 4.69) is 20.3 Å². The first-order chi connectivity index (χ1) is 13.1. The van der Waals surface area contributed by atoms with E-state index in [0.29, 0.717) is 38.1 Å². The van der Waals surface area contributed by atoms with Crippen LogP contribution in [0.4, 0.5) is 10.3 Å². The van der Waals surface area contributed by atoms with E-state index in [-0.39, 0.29) is 23.9 Å². The van der Waals surface area contributed by atoms with Crippen molar-refractivity contribution in [2.75, 3.05) is 45.4 Å². The van der Waals surface area contributed by atoms with Crippen molar-refractivity contribution >= 4 is 11.9 Å². The van der Waals surface area contributed by atoms with Crippen molar-refractivity contribution in [2.45, 2.75) is 6.54 Å². The molecule has 1 aliphatic rings. The molecule has 27 heavy (non-hydrogen) atoms. The first kappa shape index (κ1) is 18.8. The van der Waals surface area contributed by atoms with Crippen molar-refractivity contribution in [3.8, 4) is 11.8 Å². The summed E-state index contributed by atoms with van der Waals surface area (Å²) in [6.45, 7) is 2.53. The van der Waals surface area contributed by atoms with Gasteiger partial charge in [-0.15, -0.1) is 0 Å². The Morgan fingerprint density at radius 2 is 2.00 bits per heavy atom. The van der Waals surface area contributed by atoms with Crippen LogP contribution < -0.4 is 19.7 Å². The van der Waals surface area contributed by atoms with Gasteiger partial charge in [-0.1, -0.05) is 0 Å². The molecular weight excluding hydrogens is 357 g/mol. The lowest BCUT2D eigenvalue weighted by Gasteiger charge is -2.26. The molecule has 1 aromatic carbocycles. The molecule has 9 nitrogen and oxygen atoms in total. The zero-order valence-corrected chi connectivity index (χ0v) is 15.1. The number of halogens is 1. The number of methoxy groups -OCH3 is 2. The first-order valence-corrected chi connectivity index (χ1v) is 8.34. The third kappa shape index (κ3) is 4.59. The molecule has 1 fully saturated rings. The van der Waals surface area contributed by atoms with E-state index < -0.39 is 11.7 Å². The molecule has 0 unspecified atom stereocenters. The van der Waals surface area contributed by atoms with Crippen LogP contribution in [0.25, 0.3) is 0 Å². The SMILES string of the molecule is COc1nc(CNC(=O)c2ccc(OC)c(F)c2)nc(N2CCOCC2)n1. The number of nitrogens with one attached hydrogen (secondary N) is 1. The van der Waals surface area contributed by atoms with Gasteiger partial charge in [-0.25, -0.2) is 4.39 Å². The third-order valence-corrected chi connectivity index (χ3v) is 3.95. The Morgan fingerprint density at radius 1 is 1.22 bits per heavy atom. The lowest BCUT2D eigenvalue weighted by Crippen LogP contribution is -2.37. The fraction of sp³-hybridized carbons (Fsp3) is 0.412. The van der Waals surface area contributed by atoms with E-state index in [9.17, 15) is 9.18 Å². The van der Waals surface area contributed by atoms with Gasteiger partial charge in [0.25, 0.3) is 5.91 Å². The van der Waals surface area contributed by atoms with Gasteiger partial charge >= 0.3 is 6.01 Å². The molecule has 0 spiro atoms. The van der Waals surface area contributed by atoms with E-state index >= 15 is 0 Å². The molecule has 0 atom stereocenters. The summed E-state index contributed by atoms with van der Waals surface area (Å²) < 4.78 is 29.0. The molecule has 0 saturated carbocycles. The van der Waals surface area contributed by atoms with E-state index in [1.54, 1.807) is 0 Å². The van der Waals surface area contributed by atoms with Crippen LogP contribution in [0, 0.1) is 5.82 Å². The number of nitrogens with zero attached hydrogens (tertiary/aromatic N) is 4. The van der Waals surface area contributed by atoms with E-state index in [1.165, 1.54) is 26.4 Å². The lowest BCUT2D eigenvalue weighted by atomic mass is 10.2. The zero-order chi connectivity index (χ0) is 19.2. The highest BCUT2D eigenvalue weighted by Gasteiger charge is 2.17. The molecular formula is C17H20FN5O4. The van der Waals surface area contributed by atoms with Gasteiger partial charge in [0.2, 0.25) is 5.95 Å². The fourth-order valence-corrected chi connectivity index (χ4v) is 2.53.